The summed E-state index contributed by atoms with van der Waals surface area (Å²) in [5.41, 5.74) is 2.66. The molecule has 24 heavy (non-hydrogen) atoms. The largest absolute Gasteiger partial charge is 0.465 e. The van der Waals surface area contributed by atoms with E-state index in [4.69, 9.17) is 4.74 Å². The van der Waals surface area contributed by atoms with E-state index in [1.807, 2.05) is 84.9 Å². The summed E-state index contributed by atoms with van der Waals surface area (Å²) in [6.07, 6.45) is -0.422. The summed E-state index contributed by atoms with van der Waals surface area (Å²) in [6.45, 7) is 0.508. The number of benzene rings is 3. The lowest BCUT2D eigenvalue weighted by molar-refractivity contribution is 0.00472. The lowest BCUT2D eigenvalue weighted by Gasteiger charge is -2.37. The maximum absolute atomic E-state index is 13.1. The number of ether oxygens (including phenoxy) is 1. The van der Waals surface area contributed by atoms with Crippen molar-refractivity contribution in [3.05, 3.63) is 102 Å². The minimum absolute atomic E-state index is 0.00504. The van der Waals surface area contributed by atoms with Crippen LogP contribution in [0.2, 0.25) is 0 Å². The molecule has 0 radical (unpaired) electrons. The summed E-state index contributed by atoms with van der Waals surface area (Å²) in [6, 6.07) is 27.3. The molecule has 1 aliphatic heterocycles. The van der Waals surface area contributed by atoms with Crippen molar-refractivity contribution in [3.63, 3.8) is 0 Å². The fourth-order valence-corrected chi connectivity index (χ4v) is 2.99. The minimum Gasteiger partial charge on any atom is -0.465 e. The van der Waals surface area contributed by atoms with E-state index in [2.05, 4.69) is 0 Å². The first-order chi connectivity index (χ1) is 11.8. The summed E-state index contributed by atoms with van der Waals surface area (Å²) < 4.78 is 6.18. The van der Waals surface area contributed by atoms with Crippen molar-refractivity contribution in [2.45, 2.75) is 12.8 Å². The quantitative estimate of drug-likeness (QED) is 0.716. The van der Waals surface area contributed by atoms with Crippen molar-refractivity contribution in [1.82, 2.24) is 4.90 Å². The molecule has 0 bridgehead atoms. The van der Waals surface area contributed by atoms with Crippen LogP contribution in [0.4, 0.5) is 0 Å². The summed E-state index contributed by atoms with van der Waals surface area (Å²) in [7, 11) is 0. The molecule has 3 heteroatoms. The molecule has 1 amide bonds. The third-order valence-corrected chi connectivity index (χ3v) is 4.18. The molecule has 0 fully saturated rings. The van der Waals surface area contributed by atoms with E-state index in [1.54, 1.807) is 4.90 Å². The molecule has 0 spiro atoms. The molecule has 0 N–H and O–H groups in total. The lowest BCUT2D eigenvalue weighted by Crippen LogP contribution is -2.41. The Bertz CT molecular complexity index is 846. The average molecular weight is 315 g/mol. The van der Waals surface area contributed by atoms with E-state index in [9.17, 15) is 4.79 Å². The Labute approximate surface area is 141 Å². The van der Waals surface area contributed by atoms with Gasteiger partial charge in [0.1, 0.15) is 5.75 Å². The van der Waals surface area contributed by atoms with Gasteiger partial charge in [0.05, 0.1) is 5.56 Å². The van der Waals surface area contributed by atoms with E-state index in [0.717, 1.165) is 11.1 Å². The summed E-state index contributed by atoms with van der Waals surface area (Å²) in [5.74, 6) is 0.634. The summed E-state index contributed by atoms with van der Waals surface area (Å²) >= 11 is 0. The predicted molar refractivity (Wildman–Crippen MR) is 92.6 cm³/mol. The fourth-order valence-electron chi connectivity index (χ4n) is 2.99. The van der Waals surface area contributed by atoms with Gasteiger partial charge in [-0.25, -0.2) is 0 Å². The van der Waals surface area contributed by atoms with Gasteiger partial charge in [0.25, 0.3) is 5.91 Å². The van der Waals surface area contributed by atoms with Crippen LogP contribution in [-0.2, 0) is 6.54 Å². The van der Waals surface area contributed by atoms with E-state index < -0.39 is 6.23 Å². The molecule has 0 saturated carbocycles. The number of amides is 1. The number of hydrogen-bond acceptors (Lipinski definition) is 2. The maximum Gasteiger partial charge on any atom is 0.261 e. The van der Waals surface area contributed by atoms with Gasteiger partial charge >= 0.3 is 0 Å². The summed E-state index contributed by atoms with van der Waals surface area (Å²) in [4.78, 5) is 14.8. The van der Waals surface area contributed by atoms with Crippen LogP contribution in [0.15, 0.2) is 84.9 Å². The molecule has 118 valence electrons. The minimum atomic E-state index is -0.422. The molecule has 1 atom stereocenters. The first-order valence-corrected chi connectivity index (χ1v) is 7.98. The molecule has 0 saturated heterocycles. The molecule has 0 aromatic heterocycles. The van der Waals surface area contributed by atoms with Crippen LogP contribution >= 0.6 is 0 Å². The molecule has 3 aromatic carbocycles. The Balaban J connectivity index is 1.76. The number of fused-ring (bicyclic) bond motifs is 1. The molecule has 4 rings (SSSR count). The van der Waals surface area contributed by atoms with Crippen LogP contribution in [-0.4, -0.2) is 10.8 Å². The van der Waals surface area contributed by atoms with E-state index in [-0.39, 0.29) is 5.91 Å². The van der Waals surface area contributed by atoms with Crippen LogP contribution in [0.5, 0.6) is 5.75 Å². The molecule has 0 unspecified atom stereocenters. The first-order valence-electron chi connectivity index (χ1n) is 7.98. The molecule has 3 aromatic rings. The zero-order valence-corrected chi connectivity index (χ0v) is 13.1. The fraction of sp³-hybridized carbons (Fsp3) is 0.0952. The molecule has 1 heterocycles. The number of hydrogen-bond donors (Lipinski definition) is 0. The number of carbonyl (C=O) groups excluding carboxylic acids is 1. The van der Waals surface area contributed by atoms with Gasteiger partial charge in [-0.1, -0.05) is 72.8 Å². The SMILES string of the molecule is O=C1c2ccccc2O[C@H](c2ccccc2)N1Cc1ccccc1. The number of nitrogens with zero attached hydrogens (tertiary/aromatic N) is 1. The maximum atomic E-state index is 13.1. The van der Waals surface area contributed by atoms with E-state index in [1.165, 1.54) is 0 Å². The van der Waals surface area contributed by atoms with Crippen molar-refractivity contribution in [2.24, 2.45) is 0 Å². The van der Waals surface area contributed by atoms with Gasteiger partial charge in [-0.05, 0) is 17.7 Å². The molecule has 3 nitrogen and oxygen atoms in total. The highest BCUT2D eigenvalue weighted by Crippen LogP contribution is 2.35. The van der Waals surface area contributed by atoms with Gasteiger partial charge in [-0.15, -0.1) is 0 Å². The van der Waals surface area contributed by atoms with Crippen molar-refractivity contribution in [2.75, 3.05) is 0 Å². The van der Waals surface area contributed by atoms with Crippen molar-refractivity contribution in [1.29, 1.82) is 0 Å². The molecular formula is C21H17NO2. The highest BCUT2D eigenvalue weighted by Gasteiger charge is 2.34. The predicted octanol–water partition coefficient (Wildman–Crippen LogP) is 4.42. The van der Waals surface area contributed by atoms with Crippen LogP contribution in [0.3, 0.4) is 0 Å². The Morgan fingerprint density at radius 3 is 2.17 bits per heavy atom. The highest BCUT2D eigenvalue weighted by molar-refractivity contribution is 5.98. The van der Waals surface area contributed by atoms with Gasteiger partial charge in [0.15, 0.2) is 0 Å². The third-order valence-electron chi connectivity index (χ3n) is 4.18. The second kappa shape index (κ2) is 6.20. The van der Waals surface area contributed by atoms with Crippen LogP contribution in [0, 0.1) is 0 Å². The van der Waals surface area contributed by atoms with Gasteiger partial charge in [-0.2, -0.15) is 0 Å². The van der Waals surface area contributed by atoms with Crippen molar-refractivity contribution < 1.29 is 9.53 Å². The highest BCUT2D eigenvalue weighted by atomic mass is 16.5. The zero-order valence-electron chi connectivity index (χ0n) is 13.1. The average Bonchev–Trinajstić information content (AvgIpc) is 2.65. The smallest absolute Gasteiger partial charge is 0.261 e. The van der Waals surface area contributed by atoms with Gasteiger partial charge in [0, 0.05) is 12.1 Å². The van der Waals surface area contributed by atoms with Gasteiger partial charge in [-0.3, -0.25) is 9.69 Å². The Kier molecular flexibility index (Phi) is 3.75. The molecule has 0 aliphatic carbocycles. The van der Waals surface area contributed by atoms with Crippen LogP contribution < -0.4 is 4.74 Å². The van der Waals surface area contributed by atoms with Gasteiger partial charge < -0.3 is 4.74 Å². The van der Waals surface area contributed by atoms with Crippen LogP contribution in [0.25, 0.3) is 0 Å². The monoisotopic (exact) mass is 315 g/mol. The van der Waals surface area contributed by atoms with Crippen LogP contribution in [0.1, 0.15) is 27.7 Å². The standard InChI is InChI=1S/C21H17NO2/c23-20-18-13-7-8-14-19(18)24-21(17-11-5-2-6-12-17)22(20)15-16-9-3-1-4-10-16/h1-14,21H,15H2/t21-/m1/s1. The van der Waals surface area contributed by atoms with Gasteiger partial charge in [0.2, 0.25) is 6.23 Å². The van der Waals surface area contributed by atoms with E-state index >= 15 is 0 Å². The second-order valence-corrected chi connectivity index (χ2v) is 5.80. The third kappa shape index (κ3) is 2.65. The number of carbonyl (C=O) groups is 1. The van der Waals surface area contributed by atoms with E-state index in [0.29, 0.717) is 17.9 Å². The van der Waals surface area contributed by atoms with Crippen molar-refractivity contribution in [3.8, 4) is 5.75 Å². The zero-order chi connectivity index (χ0) is 16.4. The van der Waals surface area contributed by atoms with Crippen molar-refractivity contribution >= 4 is 5.91 Å². The normalized spacial score (nSPS) is 16.4. The lowest BCUT2D eigenvalue weighted by atomic mass is 10.1. The Hall–Kier alpha value is -3.07. The molecule has 1 aliphatic rings. The Morgan fingerprint density at radius 2 is 1.42 bits per heavy atom. The topological polar surface area (TPSA) is 29.5 Å². The Morgan fingerprint density at radius 1 is 0.792 bits per heavy atom. The summed E-state index contributed by atoms with van der Waals surface area (Å²) in [5, 5.41) is 0. The number of rotatable bonds is 3. The number of para-hydroxylation sites is 1. The molecular weight excluding hydrogens is 298 g/mol. The second-order valence-electron chi connectivity index (χ2n) is 5.80. The first kappa shape index (κ1) is 14.5.